The fraction of sp³-hybridized carbons (Fsp3) is 0.417. The van der Waals surface area contributed by atoms with Gasteiger partial charge in [-0.15, -0.1) is 0 Å². The van der Waals surface area contributed by atoms with Crippen molar-refractivity contribution in [3.63, 3.8) is 0 Å². The first kappa shape index (κ1) is 28.3. The first-order chi connectivity index (χ1) is 16.5. The van der Waals surface area contributed by atoms with Gasteiger partial charge in [0.2, 0.25) is 21.8 Å². The monoisotopic (exact) mass is 525 g/mol. The Bertz CT molecular complexity index is 1120. The minimum atomic E-state index is -3.86. The number of halogens is 1. The lowest BCUT2D eigenvalue weighted by molar-refractivity contribution is -0.139. The Labute approximate surface area is 212 Å². The maximum atomic E-state index is 13.5. The molecule has 9 nitrogen and oxygen atoms in total. The maximum absolute atomic E-state index is 13.5. The maximum Gasteiger partial charge on any atom is 0.244 e. The number of ether oxygens (including phenoxy) is 2. The highest BCUT2D eigenvalue weighted by Crippen LogP contribution is 2.32. The number of sulfonamides is 1. The van der Waals surface area contributed by atoms with Crippen molar-refractivity contribution in [2.45, 2.75) is 32.9 Å². The van der Waals surface area contributed by atoms with E-state index in [-0.39, 0.29) is 18.1 Å². The number of benzene rings is 2. The zero-order valence-electron chi connectivity index (χ0n) is 20.6. The molecule has 0 unspecified atom stereocenters. The molecule has 0 aliphatic rings. The zero-order chi connectivity index (χ0) is 26.2. The Morgan fingerprint density at radius 1 is 1.06 bits per heavy atom. The number of nitrogens with zero attached hydrogens (tertiary/aromatic N) is 2. The Kier molecular flexibility index (Phi) is 10.2. The highest BCUT2D eigenvalue weighted by Gasteiger charge is 2.30. The summed E-state index contributed by atoms with van der Waals surface area (Å²) in [5, 5.41) is 3.33. The summed E-state index contributed by atoms with van der Waals surface area (Å²) in [6.45, 7) is 3.59. The van der Waals surface area contributed by atoms with E-state index in [2.05, 4.69) is 5.32 Å². The third-order valence-electron chi connectivity index (χ3n) is 5.32. The number of rotatable bonds is 12. The molecule has 0 aliphatic carbocycles. The van der Waals surface area contributed by atoms with Gasteiger partial charge in [-0.2, -0.15) is 0 Å². The molecule has 11 heteroatoms. The first-order valence-electron chi connectivity index (χ1n) is 11.0. The van der Waals surface area contributed by atoms with Crippen molar-refractivity contribution in [2.75, 3.05) is 37.9 Å². The van der Waals surface area contributed by atoms with Crippen molar-refractivity contribution in [3.05, 3.63) is 53.1 Å². The van der Waals surface area contributed by atoms with Gasteiger partial charge in [-0.05, 0) is 43.2 Å². The zero-order valence-corrected chi connectivity index (χ0v) is 22.1. The van der Waals surface area contributed by atoms with Crippen LogP contribution in [0.3, 0.4) is 0 Å². The molecular weight excluding hydrogens is 494 g/mol. The van der Waals surface area contributed by atoms with Crippen molar-refractivity contribution in [1.29, 1.82) is 0 Å². The van der Waals surface area contributed by atoms with E-state index >= 15 is 0 Å². The average molecular weight is 526 g/mol. The van der Waals surface area contributed by atoms with Gasteiger partial charge < -0.3 is 19.7 Å². The summed E-state index contributed by atoms with van der Waals surface area (Å²) in [4.78, 5) is 27.6. The van der Waals surface area contributed by atoms with Gasteiger partial charge >= 0.3 is 0 Å². The number of carbonyl (C=O) groups excluding carboxylic acids is 2. The van der Waals surface area contributed by atoms with Crippen molar-refractivity contribution in [3.8, 4) is 11.5 Å². The first-order valence-corrected chi connectivity index (χ1v) is 13.3. The van der Waals surface area contributed by atoms with E-state index in [0.717, 1.165) is 22.5 Å². The van der Waals surface area contributed by atoms with Gasteiger partial charge in [0.15, 0.2) is 11.5 Å². The fourth-order valence-corrected chi connectivity index (χ4v) is 4.33. The average Bonchev–Trinajstić information content (AvgIpc) is 2.83. The number of carbonyl (C=O) groups is 2. The van der Waals surface area contributed by atoms with Crippen LogP contribution in [0.25, 0.3) is 0 Å². The van der Waals surface area contributed by atoms with Crippen LogP contribution in [0, 0.1) is 0 Å². The molecule has 0 bridgehead atoms. The molecular formula is C24H32ClN3O6S. The number of hydrogen-bond acceptors (Lipinski definition) is 6. The summed E-state index contributed by atoms with van der Waals surface area (Å²) < 4.78 is 36.8. The van der Waals surface area contributed by atoms with E-state index in [9.17, 15) is 18.0 Å². The van der Waals surface area contributed by atoms with Crippen LogP contribution in [0.4, 0.5) is 5.69 Å². The molecule has 2 aromatic rings. The van der Waals surface area contributed by atoms with Crippen LogP contribution in [0.2, 0.25) is 5.02 Å². The Morgan fingerprint density at radius 3 is 2.23 bits per heavy atom. The minimum absolute atomic E-state index is 0.0975. The lowest BCUT2D eigenvalue weighted by atomic mass is 10.1. The SMILES string of the molecule is CCCNC(=O)[C@H](C)N(Cc1ccc(Cl)cc1)C(=O)CN(c1ccc(OC)c(OC)c1)S(C)(=O)=O. The van der Waals surface area contributed by atoms with E-state index in [0.29, 0.717) is 23.1 Å². The van der Waals surface area contributed by atoms with Gasteiger partial charge in [-0.25, -0.2) is 8.42 Å². The van der Waals surface area contributed by atoms with Gasteiger partial charge in [0, 0.05) is 24.2 Å². The summed E-state index contributed by atoms with van der Waals surface area (Å²) in [6, 6.07) is 10.6. The molecule has 0 heterocycles. The van der Waals surface area contributed by atoms with E-state index < -0.39 is 28.5 Å². The molecule has 0 aliphatic heterocycles. The molecule has 192 valence electrons. The van der Waals surface area contributed by atoms with Gasteiger partial charge in [0.1, 0.15) is 12.6 Å². The lowest BCUT2D eigenvalue weighted by Gasteiger charge is -2.31. The molecule has 0 spiro atoms. The quantitative estimate of drug-likeness (QED) is 0.456. The predicted octanol–water partition coefficient (Wildman–Crippen LogP) is 3.07. The third kappa shape index (κ3) is 7.76. The van der Waals surface area contributed by atoms with Gasteiger partial charge in [-0.3, -0.25) is 13.9 Å². The minimum Gasteiger partial charge on any atom is -0.493 e. The fourth-order valence-electron chi connectivity index (χ4n) is 3.36. The van der Waals surface area contributed by atoms with Gasteiger partial charge in [0.05, 0.1) is 26.2 Å². The third-order valence-corrected chi connectivity index (χ3v) is 6.71. The number of nitrogens with one attached hydrogen (secondary N) is 1. The summed E-state index contributed by atoms with van der Waals surface area (Å²) >= 11 is 5.98. The molecule has 2 amide bonds. The van der Waals surface area contributed by atoms with Crippen LogP contribution in [0.15, 0.2) is 42.5 Å². The van der Waals surface area contributed by atoms with Crippen molar-refractivity contribution >= 4 is 39.1 Å². The van der Waals surface area contributed by atoms with Crippen molar-refractivity contribution in [1.82, 2.24) is 10.2 Å². The standard InChI is InChI=1S/C24H32ClN3O6S/c1-6-13-26-24(30)17(2)27(15-18-7-9-19(25)10-8-18)23(29)16-28(35(5,31)32)20-11-12-21(33-3)22(14-20)34-4/h7-12,14,17H,6,13,15-16H2,1-5H3,(H,26,30)/t17-/m0/s1. The summed E-state index contributed by atoms with van der Waals surface area (Å²) in [7, 11) is -0.958. The van der Waals surface area contributed by atoms with Crippen LogP contribution < -0.4 is 19.1 Å². The Morgan fingerprint density at radius 2 is 1.69 bits per heavy atom. The lowest BCUT2D eigenvalue weighted by Crippen LogP contribution is -2.51. The molecule has 35 heavy (non-hydrogen) atoms. The molecule has 2 rings (SSSR count). The Balaban J connectivity index is 2.41. The molecule has 0 saturated heterocycles. The molecule has 1 atom stereocenters. The van der Waals surface area contributed by atoms with Gasteiger partial charge in [0.25, 0.3) is 0 Å². The second kappa shape index (κ2) is 12.6. The number of anilines is 1. The predicted molar refractivity (Wildman–Crippen MR) is 137 cm³/mol. The highest BCUT2D eigenvalue weighted by atomic mass is 35.5. The number of methoxy groups -OCH3 is 2. The molecule has 2 aromatic carbocycles. The van der Waals surface area contributed by atoms with Crippen LogP contribution in [-0.4, -0.2) is 64.7 Å². The number of amides is 2. The van der Waals surface area contributed by atoms with Gasteiger partial charge in [-0.1, -0.05) is 30.7 Å². The second-order valence-corrected chi connectivity index (χ2v) is 10.3. The number of hydrogen-bond donors (Lipinski definition) is 1. The largest absolute Gasteiger partial charge is 0.493 e. The summed E-state index contributed by atoms with van der Waals surface area (Å²) in [6.07, 6.45) is 1.75. The van der Waals surface area contributed by atoms with Crippen molar-refractivity contribution in [2.24, 2.45) is 0 Å². The second-order valence-electron chi connectivity index (χ2n) is 7.92. The van der Waals surface area contributed by atoms with E-state index in [4.69, 9.17) is 21.1 Å². The smallest absolute Gasteiger partial charge is 0.244 e. The normalized spacial score (nSPS) is 11.9. The van der Waals surface area contributed by atoms with E-state index in [1.165, 1.54) is 31.3 Å². The topological polar surface area (TPSA) is 105 Å². The molecule has 1 N–H and O–H groups in total. The summed E-state index contributed by atoms with van der Waals surface area (Å²) in [5.74, 6) is -0.136. The molecule has 0 aromatic heterocycles. The molecule has 0 radical (unpaired) electrons. The van der Waals surface area contributed by atoms with Crippen molar-refractivity contribution < 1.29 is 27.5 Å². The van der Waals surface area contributed by atoms with E-state index in [1.807, 2.05) is 6.92 Å². The van der Waals surface area contributed by atoms with Crippen LogP contribution >= 0.6 is 11.6 Å². The van der Waals surface area contributed by atoms with Crippen LogP contribution in [0.5, 0.6) is 11.5 Å². The van der Waals surface area contributed by atoms with Crippen LogP contribution in [-0.2, 0) is 26.2 Å². The highest BCUT2D eigenvalue weighted by molar-refractivity contribution is 7.92. The summed E-state index contributed by atoms with van der Waals surface area (Å²) in [5.41, 5.74) is 0.975. The molecule has 0 saturated carbocycles. The van der Waals surface area contributed by atoms with Crippen LogP contribution in [0.1, 0.15) is 25.8 Å². The van der Waals surface area contributed by atoms with E-state index in [1.54, 1.807) is 37.3 Å². The molecule has 0 fully saturated rings. The Hall–Kier alpha value is -2.98.